The number of hydrogen-bond donors (Lipinski definition) is 1. The molecule has 1 heteroatoms. The molecule has 0 bridgehead atoms. The van der Waals surface area contributed by atoms with Crippen LogP contribution in [-0.2, 0) is 5.60 Å². The molecule has 1 unspecified atom stereocenters. The number of benzene rings is 1. The maximum atomic E-state index is 10.4. The van der Waals surface area contributed by atoms with E-state index in [0.29, 0.717) is 6.42 Å². The maximum absolute atomic E-state index is 10.4. The van der Waals surface area contributed by atoms with Crippen LogP contribution < -0.4 is 0 Å². The zero-order valence-corrected chi connectivity index (χ0v) is 8.74. The van der Waals surface area contributed by atoms with E-state index in [9.17, 15) is 5.11 Å². The lowest BCUT2D eigenvalue weighted by atomic mass is 9.86. The Balaban J connectivity index is 2.92. The first-order valence-electron chi connectivity index (χ1n) is 5.12. The number of rotatable bonds is 5. The molecule has 0 aromatic heterocycles. The van der Waals surface area contributed by atoms with Gasteiger partial charge in [-0.15, -0.1) is 6.58 Å². The zero-order chi connectivity index (χ0) is 10.4. The van der Waals surface area contributed by atoms with Gasteiger partial charge in [0.25, 0.3) is 0 Å². The van der Waals surface area contributed by atoms with Crippen LogP contribution in [0.5, 0.6) is 0 Å². The first-order chi connectivity index (χ1) is 6.73. The third-order valence-corrected chi connectivity index (χ3v) is 2.46. The van der Waals surface area contributed by atoms with Gasteiger partial charge in [-0.2, -0.15) is 0 Å². The summed E-state index contributed by atoms with van der Waals surface area (Å²) in [5, 5.41) is 10.4. The van der Waals surface area contributed by atoms with Gasteiger partial charge in [0.05, 0.1) is 5.60 Å². The molecular formula is C13H18O. The van der Waals surface area contributed by atoms with Crippen LogP contribution in [0, 0.1) is 0 Å². The van der Waals surface area contributed by atoms with E-state index in [0.717, 1.165) is 18.4 Å². The SMILES string of the molecule is C=CCC(O)(CCC)c1ccccc1. The molecule has 0 saturated heterocycles. The number of aliphatic hydroxyl groups is 1. The van der Waals surface area contributed by atoms with Gasteiger partial charge in [0.15, 0.2) is 0 Å². The van der Waals surface area contributed by atoms with Crippen molar-refractivity contribution in [3.05, 3.63) is 48.6 Å². The third-order valence-electron chi connectivity index (χ3n) is 2.46. The predicted molar refractivity (Wildman–Crippen MR) is 60.1 cm³/mol. The van der Waals surface area contributed by atoms with E-state index in [1.807, 2.05) is 30.3 Å². The van der Waals surface area contributed by atoms with E-state index >= 15 is 0 Å². The zero-order valence-electron chi connectivity index (χ0n) is 8.74. The molecule has 0 amide bonds. The summed E-state index contributed by atoms with van der Waals surface area (Å²) in [7, 11) is 0. The monoisotopic (exact) mass is 190 g/mol. The molecule has 0 saturated carbocycles. The second kappa shape index (κ2) is 4.97. The average molecular weight is 190 g/mol. The Morgan fingerprint density at radius 1 is 1.36 bits per heavy atom. The molecule has 1 nitrogen and oxygen atoms in total. The fourth-order valence-corrected chi connectivity index (χ4v) is 1.77. The highest BCUT2D eigenvalue weighted by Crippen LogP contribution is 2.30. The van der Waals surface area contributed by atoms with E-state index < -0.39 is 5.60 Å². The largest absolute Gasteiger partial charge is 0.385 e. The topological polar surface area (TPSA) is 20.2 Å². The van der Waals surface area contributed by atoms with Gasteiger partial charge in [0.1, 0.15) is 0 Å². The highest BCUT2D eigenvalue weighted by atomic mass is 16.3. The van der Waals surface area contributed by atoms with Gasteiger partial charge < -0.3 is 5.11 Å². The van der Waals surface area contributed by atoms with Crippen molar-refractivity contribution in [2.24, 2.45) is 0 Å². The Bertz CT molecular complexity index is 279. The van der Waals surface area contributed by atoms with Crippen LogP contribution >= 0.6 is 0 Å². The molecular weight excluding hydrogens is 172 g/mol. The Labute approximate surface area is 86.1 Å². The number of hydrogen-bond acceptors (Lipinski definition) is 1. The molecule has 0 spiro atoms. The van der Waals surface area contributed by atoms with Gasteiger partial charge in [-0.05, 0) is 18.4 Å². The normalized spacial score (nSPS) is 14.7. The van der Waals surface area contributed by atoms with Gasteiger partial charge in [-0.3, -0.25) is 0 Å². The molecule has 1 N–H and O–H groups in total. The molecule has 0 radical (unpaired) electrons. The standard InChI is InChI=1S/C13H18O/c1-3-10-13(14,11-4-2)12-8-6-5-7-9-12/h3,5-9,14H,1,4,10-11H2,2H3. The summed E-state index contributed by atoms with van der Waals surface area (Å²) in [5.74, 6) is 0. The van der Waals surface area contributed by atoms with Crippen molar-refractivity contribution >= 4 is 0 Å². The van der Waals surface area contributed by atoms with Crippen LogP contribution in [0.15, 0.2) is 43.0 Å². The molecule has 1 atom stereocenters. The van der Waals surface area contributed by atoms with Gasteiger partial charge in [-0.1, -0.05) is 49.8 Å². The van der Waals surface area contributed by atoms with Crippen molar-refractivity contribution in [3.8, 4) is 0 Å². The van der Waals surface area contributed by atoms with Crippen LogP contribution in [0.2, 0.25) is 0 Å². The molecule has 1 rings (SSSR count). The Morgan fingerprint density at radius 2 is 2.00 bits per heavy atom. The van der Waals surface area contributed by atoms with Crippen molar-refractivity contribution in [2.75, 3.05) is 0 Å². The van der Waals surface area contributed by atoms with Crippen LogP contribution in [-0.4, -0.2) is 5.11 Å². The molecule has 14 heavy (non-hydrogen) atoms. The summed E-state index contributed by atoms with van der Waals surface area (Å²) in [6.07, 6.45) is 4.15. The fourth-order valence-electron chi connectivity index (χ4n) is 1.77. The Kier molecular flexibility index (Phi) is 3.90. The summed E-state index contributed by atoms with van der Waals surface area (Å²) < 4.78 is 0. The molecule has 76 valence electrons. The van der Waals surface area contributed by atoms with Gasteiger partial charge in [-0.25, -0.2) is 0 Å². The minimum atomic E-state index is -0.724. The van der Waals surface area contributed by atoms with Crippen molar-refractivity contribution < 1.29 is 5.11 Å². The first kappa shape index (κ1) is 11.0. The second-order valence-corrected chi connectivity index (χ2v) is 3.64. The summed E-state index contributed by atoms with van der Waals surface area (Å²) in [4.78, 5) is 0. The van der Waals surface area contributed by atoms with Crippen LogP contribution in [0.1, 0.15) is 31.7 Å². The van der Waals surface area contributed by atoms with Crippen molar-refractivity contribution in [1.29, 1.82) is 0 Å². The second-order valence-electron chi connectivity index (χ2n) is 3.64. The molecule has 1 aromatic rings. The predicted octanol–water partition coefficient (Wildman–Crippen LogP) is 3.25. The van der Waals surface area contributed by atoms with Crippen LogP contribution in [0.25, 0.3) is 0 Å². The van der Waals surface area contributed by atoms with Crippen molar-refractivity contribution in [1.82, 2.24) is 0 Å². The van der Waals surface area contributed by atoms with Crippen molar-refractivity contribution in [2.45, 2.75) is 31.8 Å². The average Bonchev–Trinajstić information content (AvgIpc) is 2.20. The lowest BCUT2D eigenvalue weighted by molar-refractivity contribution is 0.0297. The molecule has 0 aliphatic rings. The summed E-state index contributed by atoms with van der Waals surface area (Å²) in [6, 6.07) is 9.82. The van der Waals surface area contributed by atoms with Gasteiger partial charge in [0.2, 0.25) is 0 Å². The smallest absolute Gasteiger partial charge is 0.0930 e. The van der Waals surface area contributed by atoms with Gasteiger partial charge in [0, 0.05) is 0 Å². The lowest BCUT2D eigenvalue weighted by Crippen LogP contribution is -2.24. The van der Waals surface area contributed by atoms with E-state index in [2.05, 4.69) is 13.5 Å². The highest BCUT2D eigenvalue weighted by molar-refractivity contribution is 5.22. The third kappa shape index (κ3) is 2.46. The Hall–Kier alpha value is -1.08. The molecule has 0 aliphatic carbocycles. The fraction of sp³-hybridized carbons (Fsp3) is 0.385. The molecule has 0 heterocycles. The summed E-state index contributed by atoms with van der Waals surface area (Å²) in [6.45, 7) is 5.77. The van der Waals surface area contributed by atoms with Crippen molar-refractivity contribution in [3.63, 3.8) is 0 Å². The minimum Gasteiger partial charge on any atom is -0.385 e. The molecule has 0 aliphatic heterocycles. The van der Waals surface area contributed by atoms with E-state index in [-0.39, 0.29) is 0 Å². The maximum Gasteiger partial charge on any atom is 0.0930 e. The lowest BCUT2D eigenvalue weighted by Gasteiger charge is -2.27. The van der Waals surface area contributed by atoms with Gasteiger partial charge >= 0.3 is 0 Å². The summed E-state index contributed by atoms with van der Waals surface area (Å²) in [5.41, 5.74) is 0.263. The van der Waals surface area contributed by atoms with E-state index in [1.54, 1.807) is 6.08 Å². The quantitative estimate of drug-likeness (QED) is 0.707. The minimum absolute atomic E-state index is 0.616. The van der Waals surface area contributed by atoms with E-state index in [1.165, 1.54) is 0 Å². The van der Waals surface area contributed by atoms with Crippen LogP contribution in [0.3, 0.4) is 0 Å². The highest BCUT2D eigenvalue weighted by Gasteiger charge is 2.25. The molecule has 1 aromatic carbocycles. The molecule has 0 fully saturated rings. The van der Waals surface area contributed by atoms with Crippen LogP contribution in [0.4, 0.5) is 0 Å². The Morgan fingerprint density at radius 3 is 2.50 bits per heavy atom. The summed E-state index contributed by atoms with van der Waals surface area (Å²) >= 11 is 0. The van der Waals surface area contributed by atoms with E-state index in [4.69, 9.17) is 0 Å². The first-order valence-corrected chi connectivity index (χ1v) is 5.12.